The van der Waals surface area contributed by atoms with Gasteiger partial charge in [0, 0.05) is 0 Å². The van der Waals surface area contributed by atoms with Crippen LogP contribution in [0, 0.1) is 11.7 Å². The molecule has 1 fully saturated rings. The predicted octanol–water partition coefficient (Wildman–Crippen LogP) is 2.54. The van der Waals surface area contributed by atoms with Gasteiger partial charge in [-0.2, -0.15) is 10.1 Å². The van der Waals surface area contributed by atoms with E-state index in [4.69, 9.17) is 12.2 Å². The van der Waals surface area contributed by atoms with Gasteiger partial charge < -0.3 is 0 Å². The molecule has 0 saturated carbocycles. The van der Waals surface area contributed by atoms with E-state index in [9.17, 15) is 18.8 Å². The number of benzene rings is 2. The number of hydrogen-bond acceptors (Lipinski definition) is 5. The normalized spacial score (nSPS) is 20.7. The van der Waals surface area contributed by atoms with Crippen molar-refractivity contribution in [3.63, 3.8) is 0 Å². The first-order chi connectivity index (χ1) is 14.4. The van der Waals surface area contributed by atoms with E-state index in [0.29, 0.717) is 11.4 Å². The Morgan fingerprint density at radius 2 is 1.73 bits per heavy atom. The fourth-order valence-corrected chi connectivity index (χ4v) is 3.50. The number of carbonyl (C=O) groups excluding carboxylic acids is 3. The molecule has 2 aliphatic rings. The van der Waals surface area contributed by atoms with Gasteiger partial charge in [-0.15, -0.1) is 0 Å². The van der Waals surface area contributed by atoms with Crippen LogP contribution < -0.4 is 15.2 Å². The molecule has 2 heterocycles. The van der Waals surface area contributed by atoms with Gasteiger partial charge >= 0.3 is 0 Å². The number of para-hydroxylation sites is 2. The van der Waals surface area contributed by atoms with Crippen molar-refractivity contribution >= 4 is 52.1 Å². The summed E-state index contributed by atoms with van der Waals surface area (Å²) in [5.74, 6) is -3.56. The first kappa shape index (κ1) is 19.6. The van der Waals surface area contributed by atoms with Crippen molar-refractivity contribution in [3.05, 3.63) is 72.1 Å². The van der Waals surface area contributed by atoms with Gasteiger partial charge in [0.25, 0.3) is 17.7 Å². The Bertz CT molecular complexity index is 1150. The summed E-state index contributed by atoms with van der Waals surface area (Å²) in [6, 6.07) is 14.4. The third-order valence-electron chi connectivity index (χ3n) is 4.71. The largest absolute Gasteiger partial charge is 0.298 e. The Labute approximate surface area is 176 Å². The number of nitrogens with zero attached hydrogens (tertiary/aromatic N) is 3. The first-order valence-electron chi connectivity index (χ1n) is 8.98. The lowest BCUT2D eigenvalue weighted by Crippen LogP contribution is -2.54. The number of carbonyl (C=O) groups is 3. The van der Waals surface area contributed by atoms with Gasteiger partial charge in [-0.05, 0) is 49.5 Å². The van der Waals surface area contributed by atoms with Crippen LogP contribution >= 0.6 is 12.2 Å². The summed E-state index contributed by atoms with van der Waals surface area (Å²) >= 11 is 5.07. The molecule has 2 aromatic rings. The van der Waals surface area contributed by atoms with Gasteiger partial charge in [-0.1, -0.05) is 30.3 Å². The zero-order chi connectivity index (χ0) is 21.4. The van der Waals surface area contributed by atoms with Crippen molar-refractivity contribution in [2.24, 2.45) is 11.0 Å². The van der Waals surface area contributed by atoms with Gasteiger partial charge in [-0.25, -0.2) is 9.29 Å². The predicted molar refractivity (Wildman–Crippen MR) is 113 cm³/mol. The van der Waals surface area contributed by atoms with Crippen molar-refractivity contribution in [1.82, 2.24) is 5.32 Å². The van der Waals surface area contributed by atoms with Crippen LogP contribution in [0.3, 0.4) is 0 Å². The average molecular weight is 422 g/mol. The highest BCUT2D eigenvalue weighted by atomic mass is 32.1. The standard InChI is InChI=1S/C21H15FN4O3S/c1-12-14(20(29)26(24-12)13-7-3-2-4-8-13)11-15-18(27)23-21(30)25(19(15)28)17-10-6-5-9-16(17)22/h2-11,14H,1H3,(H,23,27,30)/b15-11-. The molecule has 0 aliphatic carbocycles. The second-order valence-electron chi connectivity index (χ2n) is 6.64. The molecule has 7 nitrogen and oxygen atoms in total. The summed E-state index contributed by atoms with van der Waals surface area (Å²) in [6.07, 6.45) is 1.25. The molecule has 2 aliphatic heterocycles. The molecule has 1 saturated heterocycles. The molecule has 1 unspecified atom stereocenters. The summed E-state index contributed by atoms with van der Waals surface area (Å²) in [5, 5.41) is 7.63. The van der Waals surface area contributed by atoms with Crippen LogP contribution in [0.1, 0.15) is 6.92 Å². The summed E-state index contributed by atoms with van der Waals surface area (Å²) < 4.78 is 14.2. The Kier molecular flexibility index (Phi) is 4.96. The zero-order valence-electron chi connectivity index (χ0n) is 15.7. The van der Waals surface area contributed by atoms with Crippen LogP contribution in [0.4, 0.5) is 15.8 Å². The number of halogens is 1. The Balaban J connectivity index is 1.69. The van der Waals surface area contributed by atoms with Crippen molar-refractivity contribution in [1.29, 1.82) is 0 Å². The van der Waals surface area contributed by atoms with Gasteiger partial charge in [0.2, 0.25) is 0 Å². The summed E-state index contributed by atoms with van der Waals surface area (Å²) in [7, 11) is 0. The topological polar surface area (TPSA) is 82.1 Å². The molecule has 1 N–H and O–H groups in total. The monoisotopic (exact) mass is 422 g/mol. The van der Waals surface area contributed by atoms with E-state index in [-0.39, 0.29) is 16.4 Å². The fraction of sp³-hybridized carbons (Fsp3) is 0.0952. The minimum absolute atomic E-state index is 0.0903. The van der Waals surface area contributed by atoms with E-state index in [1.165, 1.54) is 29.3 Å². The summed E-state index contributed by atoms with van der Waals surface area (Å²) in [6.45, 7) is 1.63. The molecular weight excluding hydrogens is 407 g/mol. The third kappa shape index (κ3) is 3.29. The highest BCUT2D eigenvalue weighted by Gasteiger charge is 2.39. The molecule has 0 bridgehead atoms. The van der Waals surface area contributed by atoms with Crippen LogP contribution in [0.15, 0.2) is 71.3 Å². The third-order valence-corrected chi connectivity index (χ3v) is 5.00. The fourth-order valence-electron chi connectivity index (χ4n) is 3.22. The molecule has 0 radical (unpaired) electrons. The Hall–Kier alpha value is -3.72. The van der Waals surface area contributed by atoms with E-state index in [0.717, 1.165) is 4.90 Å². The van der Waals surface area contributed by atoms with Crippen LogP contribution in [0.2, 0.25) is 0 Å². The minimum atomic E-state index is -0.913. The second kappa shape index (κ2) is 7.60. The number of anilines is 2. The highest BCUT2D eigenvalue weighted by Crippen LogP contribution is 2.28. The molecule has 4 rings (SSSR count). The Morgan fingerprint density at radius 1 is 1.07 bits per heavy atom. The van der Waals surface area contributed by atoms with Gasteiger partial charge in [0.15, 0.2) is 5.11 Å². The highest BCUT2D eigenvalue weighted by molar-refractivity contribution is 7.80. The molecule has 9 heteroatoms. The SMILES string of the molecule is CC1=NN(c2ccccc2)C(=O)C1/C=C1/C(=O)NC(=S)N(c2ccccc2F)C1=O. The molecule has 0 spiro atoms. The first-order valence-corrected chi connectivity index (χ1v) is 9.39. The van der Waals surface area contributed by atoms with E-state index in [1.807, 2.05) is 6.07 Å². The quantitative estimate of drug-likeness (QED) is 0.468. The Morgan fingerprint density at radius 3 is 2.43 bits per heavy atom. The summed E-state index contributed by atoms with van der Waals surface area (Å²) in [4.78, 5) is 39.3. The van der Waals surface area contributed by atoms with Crippen molar-refractivity contribution in [3.8, 4) is 0 Å². The number of hydrogen-bond donors (Lipinski definition) is 1. The van der Waals surface area contributed by atoms with E-state index >= 15 is 0 Å². The number of nitrogens with one attached hydrogen (secondary N) is 1. The molecule has 150 valence electrons. The van der Waals surface area contributed by atoms with Gasteiger partial charge in [-0.3, -0.25) is 19.7 Å². The van der Waals surface area contributed by atoms with Crippen LogP contribution in [0.25, 0.3) is 0 Å². The lowest BCUT2D eigenvalue weighted by atomic mass is 9.98. The minimum Gasteiger partial charge on any atom is -0.298 e. The maximum Gasteiger partial charge on any atom is 0.270 e. The van der Waals surface area contributed by atoms with Crippen LogP contribution in [-0.2, 0) is 14.4 Å². The van der Waals surface area contributed by atoms with E-state index in [1.54, 1.807) is 37.3 Å². The number of hydrazone groups is 1. The zero-order valence-corrected chi connectivity index (χ0v) is 16.5. The maximum absolute atomic E-state index is 14.2. The number of thiocarbonyl (C=S) groups is 1. The lowest BCUT2D eigenvalue weighted by molar-refractivity contribution is -0.122. The summed E-state index contributed by atoms with van der Waals surface area (Å²) in [5.41, 5.74) is 0.584. The van der Waals surface area contributed by atoms with E-state index < -0.39 is 29.5 Å². The molecule has 1 atom stereocenters. The van der Waals surface area contributed by atoms with Crippen molar-refractivity contribution in [2.75, 3.05) is 9.91 Å². The van der Waals surface area contributed by atoms with Gasteiger partial charge in [0.1, 0.15) is 11.4 Å². The smallest absolute Gasteiger partial charge is 0.270 e. The maximum atomic E-state index is 14.2. The molecule has 30 heavy (non-hydrogen) atoms. The molecule has 2 aromatic carbocycles. The molecule has 0 aromatic heterocycles. The van der Waals surface area contributed by atoms with Crippen LogP contribution in [0.5, 0.6) is 0 Å². The van der Waals surface area contributed by atoms with E-state index in [2.05, 4.69) is 10.4 Å². The molecule has 3 amide bonds. The average Bonchev–Trinajstić information content (AvgIpc) is 3.01. The lowest BCUT2D eigenvalue weighted by Gasteiger charge is -2.29. The number of rotatable bonds is 3. The van der Waals surface area contributed by atoms with Crippen molar-refractivity contribution < 1.29 is 18.8 Å². The van der Waals surface area contributed by atoms with Crippen molar-refractivity contribution in [2.45, 2.75) is 6.92 Å². The number of amides is 3. The second-order valence-corrected chi connectivity index (χ2v) is 7.02. The molecular formula is C21H15FN4O3S. The van der Waals surface area contributed by atoms with Gasteiger partial charge in [0.05, 0.1) is 23.0 Å². The van der Waals surface area contributed by atoms with Crippen LogP contribution in [-0.4, -0.2) is 28.5 Å².